The van der Waals surface area contributed by atoms with Gasteiger partial charge in [0.15, 0.2) is 0 Å². The molecule has 1 amide bonds. The fourth-order valence-corrected chi connectivity index (χ4v) is 2.16. The highest BCUT2D eigenvalue weighted by molar-refractivity contribution is 7.80. The Morgan fingerprint density at radius 2 is 2.00 bits per heavy atom. The average molecular weight is 242 g/mol. The van der Waals surface area contributed by atoms with Gasteiger partial charge in [-0.05, 0) is 26.2 Å². The molecule has 0 aliphatic heterocycles. The van der Waals surface area contributed by atoms with E-state index in [9.17, 15) is 4.79 Å². The van der Waals surface area contributed by atoms with Gasteiger partial charge in [0.25, 0.3) is 0 Å². The second kappa shape index (κ2) is 5.62. The van der Waals surface area contributed by atoms with E-state index < -0.39 is 5.54 Å². The first-order valence-corrected chi connectivity index (χ1v) is 6.43. The molecule has 3 nitrogen and oxygen atoms in total. The van der Waals surface area contributed by atoms with Crippen molar-refractivity contribution in [3.8, 4) is 0 Å². The number of nitrogens with two attached hydrogens (primary N) is 1. The Bertz CT molecular complexity index is 270. The molecule has 1 aliphatic rings. The zero-order valence-corrected chi connectivity index (χ0v) is 11.0. The van der Waals surface area contributed by atoms with Gasteiger partial charge in [-0.2, -0.15) is 0 Å². The summed E-state index contributed by atoms with van der Waals surface area (Å²) in [5, 5.41) is 2.87. The number of rotatable bonds is 5. The highest BCUT2D eigenvalue weighted by Gasteiger charge is 2.24. The second-order valence-corrected chi connectivity index (χ2v) is 5.67. The lowest BCUT2D eigenvalue weighted by atomic mass is 10.0. The number of amides is 1. The molecule has 1 saturated carbocycles. The number of hydrogen-bond donors (Lipinski definition) is 2. The predicted molar refractivity (Wildman–Crippen MR) is 70.2 cm³/mol. The maximum atomic E-state index is 11.7. The molecule has 1 rings (SSSR count). The SMILES string of the molecule is CC(C)(NC(=O)CCC1CCCC1)C(N)=S. The largest absolute Gasteiger partial charge is 0.391 e. The summed E-state index contributed by atoms with van der Waals surface area (Å²) in [6.45, 7) is 3.67. The van der Waals surface area contributed by atoms with Crippen molar-refractivity contribution in [3.05, 3.63) is 0 Å². The molecule has 0 spiro atoms. The molecular weight excluding hydrogens is 220 g/mol. The van der Waals surface area contributed by atoms with Crippen molar-refractivity contribution in [2.45, 2.75) is 57.9 Å². The highest BCUT2D eigenvalue weighted by Crippen LogP contribution is 2.28. The minimum Gasteiger partial charge on any atom is -0.391 e. The first kappa shape index (κ1) is 13.4. The van der Waals surface area contributed by atoms with Crippen molar-refractivity contribution in [2.24, 2.45) is 11.7 Å². The Labute approximate surface area is 103 Å². The molecule has 0 aromatic carbocycles. The monoisotopic (exact) mass is 242 g/mol. The third-order valence-electron chi connectivity index (χ3n) is 3.32. The molecule has 16 heavy (non-hydrogen) atoms. The number of carbonyl (C=O) groups is 1. The molecule has 3 N–H and O–H groups in total. The van der Waals surface area contributed by atoms with Gasteiger partial charge in [-0.15, -0.1) is 0 Å². The summed E-state index contributed by atoms with van der Waals surface area (Å²) in [6, 6.07) is 0. The summed E-state index contributed by atoms with van der Waals surface area (Å²) < 4.78 is 0. The van der Waals surface area contributed by atoms with Gasteiger partial charge in [0.2, 0.25) is 5.91 Å². The van der Waals surface area contributed by atoms with Crippen LogP contribution in [0.4, 0.5) is 0 Å². The third kappa shape index (κ3) is 4.08. The van der Waals surface area contributed by atoms with Crippen LogP contribution < -0.4 is 11.1 Å². The highest BCUT2D eigenvalue weighted by atomic mass is 32.1. The molecule has 92 valence electrons. The topological polar surface area (TPSA) is 55.1 Å². The first-order valence-electron chi connectivity index (χ1n) is 6.03. The van der Waals surface area contributed by atoms with Crippen LogP contribution in [0.5, 0.6) is 0 Å². The van der Waals surface area contributed by atoms with Crippen molar-refractivity contribution in [3.63, 3.8) is 0 Å². The Morgan fingerprint density at radius 1 is 1.44 bits per heavy atom. The van der Waals surface area contributed by atoms with Gasteiger partial charge in [0.05, 0.1) is 10.5 Å². The molecule has 1 fully saturated rings. The first-order chi connectivity index (χ1) is 7.42. The fraction of sp³-hybridized carbons (Fsp3) is 0.833. The van der Waals surface area contributed by atoms with E-state index >= 15 is 0 Å². The van der Waals surface area contributed by atoms with Crippen LogP contribution in [0.2, 0.25) is 0 Å². The van der Waals surface area contributed by atoms with Crippen molar-refractivity contribution in [2.75, 3.05) is 0 Å². The quantitative estimate of drug-likeness (QED) is 0.726. The normalized spacial score (nSPS) is 17.4. The summed E-state index contributed by atoms with van der Waals surface area (Å²) in [5.74, 6) is 0.809. The van der Waals surface area contributed by atoms with Gasteiger partial charge in [0, 0.05) is 6.42 Å². The van der Waals surface area contributed by atoms with Crippen molar-refractivity contribution >= 4 is 23.1 Å². The van der Waals surface area contributed by atoms with Crippen LogP contribution >= 0.6 is 12.2 Å². The Hall–Kier alpha value is -0.640. The molecule has 0 saturated heterocycles. The third-order valence-corrected chi connectivity index (χ3v) is 3.83. The molecule has 0 aromatic heterocycles. The molecule has 1 aliphatic carbocycles. The number of nitrogens with one attached hydrogen (secondary N) is 1. The maximum absolute atomic E-state index is 11.7. The standard InChI is InChI=1S/C12H22N2OS/c1-12(2,11(13)16)14-10(15)8-7-9-5-3-4-6-9/h9H,3-8H2,1-2H3,(H2,13,16)(H,14,15). The number of carbonyl (C=O) groups excluding carboxylic acids is 1. The molecule has 0 heterocycles. The summed E-state index contributed by atoms with van der Waals surface area (Å²) in [7, 11) is 0. The Balaban J connectivity index is 2.27. The molecule has 4 heteroatoms. The van der Waals surface area contributed by atoms with Crippen LogP contribution in [-0.4, -0.2) is 16.4 Å². The Kier molecular flexibility index (Phi) is 4.71. The van der Waals surface area contributed by atoms with Crippen LogP contribution in [-0.2, 0) is 4.79 Å². The maximum Gasteiger partial charge on any atom is 0.220 e. The van der Waals surface area contributed by atoms with Gasteiger partial charge < -0.3 is 11.1 Å². The van der Waals surface area contributed by atoms with E-state index in [4.69, 9.17) is 18.0 Å². The van der Waals surface area contributed by atoms with E-state index in [1.807, 2.05) is 13.8 Å². The van der Waals surface area contributed by atoms with E-state index in [2.05, 4.69) is 5.32 Å². The summed E-state index contributed by atoms with van der Waals surface area (Å²) in [6.07, 6.45) is 6.81. The smallest absolute Gasteiger partial charge is 0.220 e. The van der Waals surface area contributed by atoms with Crippen molar-refractivity contribution in [1.29, 1.82) is 0 Å². The van der Waals surface area contributed by atoms with Crippen molar-refractivity contribution in [1.82, 2.24) is 5.32 Å². The summed E-state index contributed by atoms with van der Waals surface area (Å²) >= 11 is 4.90. The lowest BCUT2D eigenvalue weighted by Gasteiger charge is -2.25. The van der Waals surface area contributed by atoms with Gasteiger partial charge in [-0.3, -0.25) is 4.79 Å². The van der Waals surface area contributed by atoms with Crippen LogP contribution in [0, 0.1) is 5.92 Å². The van der Waals surface area contributed by atoms with E-state index in [-0.39, 0.29) is 5.91 Å². The van der Waals surface area contributed by atoms with E-state index in [0.717, 1.165) is 12.3 Å². The average Bonchev–Trinajstić information content (AvgIpc) is 2.66. The number of thiocarbonyl (C=S) groups is 1. The van der Waals surface area contributed by atoms with Crippen LogP contribution in [0.1, 0.15) is 52.4 Å². The molecule has 0 radical (unpaired) electrons. The van der Waals surface area contributed by atoms with Crippen molar-refractivity contribution < 1.29 is 4.79 Å². The lowest BCUT2D eigenvalue weighted by molar-refractivity contribution is -0.122. The minimum atomic E-state index is -0.567. The van der Waals surface area contributed by atoms with Gasteiger partial charge in [0.1, 0.15) is 0 Å². The zero-order chi connectivity index (χ0) is 12.2. The van der Waals surface area contributed by atoms with Crippen LogP contribution in [0.25, 0.3) is 0 Å². The summed E-state index contributed by atoms with van der Waals surface area (Å²) in [5.41, 5.74) is 4.99. The van der Waals surface area contributed by atoms with Crippen LogP contribution in [0.15, 0.2) is 0 Å². The molecule has 0 aromatic rings. The predicted octanol–water partition coefficient (Wildman–Crippen LogP) is 2.14. The molecule has 0 bridgehead atoms. The van der Waals surface area contributed by atoms with E-state index in [0.29, 0.717) is 11.4 Å². The molecule has 0 unspecified atom stereocenters. The zero-order valence-electron chi connectivity index (χ0n) is 10.2. The summed E-state index contributed by atoms with van der Waals surface area (Å²) in [4.78, 5) is 12.0. The minimum absolute atomic E-state index is 0.0599. The van der Waals surface area contributed by atoms with Gasteiger partial charge >= 0.3 is 0 Å². The molecule has 0 atom stereocenters. The van der Waals surface area contributed by atoms with E-state index in [1.54, 1.807) is 0 Å². The second-order valence-electron chi connectivity index (χ2n) is 5.23. The van der Waals surface area contributed by atoms with E-state index in [1.165, 1.54) is 25.7 Å². The number of hydrogen-bond acceptors (Lipinski definition) is 2. The van der Waals surface area contributed by atoms with Gasteiger partial charge in [-0.25, -0.2) is 0 Å². The van der Waals surface area contributed by atoms with Gasteiger partial charge in [-0.1, -0.05) is 37.9 Å². The Morgan fingerprint density at radius 3 is 2.50 bits per heavy atom. The fourth-order valence-electron chi connectivity index (χ4n) is 2.11. The lowest BCUT2D eigenvalue weighted by Crippen LogP contribution is -2.52. The molecular formula is C12H22N2OS. The van der Waals surface area contributed by atoms with Crippen LogP contribution in [0.3, 0.4) is 0 Å².